The second-order valence-electron chi connectivity index (χ2n) is 5.37. The molecule has 4 nitrogen and oxygen atoms in total. The molecule has 0 radical (unpaired) electrons. The summed E-state index contributed by atoms with van der Waals surface area (Å²) in [6.07, 6.45) is 1.53. The molecule has 0 saturated carbocycles. The van der Waals surface area contributed by atoms with E-state index in [9.17, 15) is 9.90 Å². The summed E-state index contributed by atoms with van der Waals surface area (Å²) in [5.41, 5.74) is 0.657. The molecule has 1 fully saturated rings. The Morgan fingerprint density at radius 3 is 3.14 bits per heavy atom. The number of carbonyl (C=O) groups excluding carboxylic acids is 1. The molecule has 1 heterocycles. The van der Waals surface area contributed by atoms with Gasteiger partial charge in [0.2, 0.25) is 0 Å². The fourth-order valence-corrected chi connectivity index (χ4v) is 3.22. The van der Waals surface area contributed by atoms with Crippen molar-refractivity contribution in [2.75, 3.05) is 18.8 Å². The molecular formula is C16H20N2O2S. The lowest BCUT2D eigenvalue weighted by atomic mass is 9.93. The zero-order valence-electron chi connectivity index (χ0n) is 12.2. The van der Waals surface area contributed by atoms with Gasteiger partial charge in [-0.05, 0) is 38.0 Å². The van der Waals surface area contributed by atoms with Crippen molar-refractivity contribution in [2.45, 2.75) is 30.8 Å². The first-order valence-electron chi connectivity index (χ1n) is 7.19. The van der Waals surface area contributed by atoms with Crippen molar-refractivity contribution in [3.8, 4) is 6.07 Å². The Labute approximate surface area is 129 Å². The van der Waals surface area contributed by atoms with Gasteiger partial charge >= 0.3 is 0 Å². The number of rotatable bonds is 4. The summed E-state index contributed by atoms with van der Waals surface area (Å²) in [5, 5.41) is 18.3. The van der Waals surface area contributed by atoms with Crippen LogP contribution in [-0.4, -0.2) is 40.9 Å². The number of nitrogens with zero attached hydrogens (tertiary/aromatic N) is 2. The molecule has 1 aromatic rings. The first kappa shape index (κ1) is 15.9. The Bertz CT molecular complexity index is 539. The maximum atomic E-state index is 12.6. The first-order valence-corrected chi connectivity index (χ1v) is 8.17. The molecule has 0 spiro atoms. The minimum absolute atomic E-state index is 0.0137. The normalized spacial score (nSPS) is 19.9. The van der Waals surface area contributed by atoms with Crippen molar-refractivity contribution in [2.24, 2.45) is 5.92 Å². The van der Waals surface area contributed by atoms with Gasteiger partial charge in [-0.2, -0.15) is 5.26 Å². The molecular weight excluding hydrogens is 284 g/mol. The number of hydrogen-bond acceptors (Lipinski definition) is 4. The number of aliphatic hydroxyl groups excluding tert-OH is 1. The molecule has 0 bridgehead atoms. The predicted molar refractivity (Wildman–Crippen MR) is 83.1 cm³/mol. The van der Waals surface area contributed by atoms with Gasteiger partial charge in [-0.25, -0.2) is 0 Å². The Kier molecular flexibility index (Phi) is 5.66. The van der Waals surface area contributed by atoms with Crippen molar-refractivity contribution in [3.63, 3.8) is 0 Å². The van der Waals surface area contributed by atoms with E-state index < -0.39 is 0 Å². The van der Waals surface area contributed by atoms with Crippen LogP contribution < -0.4 is 0 Å². The van der Waals surface area contributed by atoms with E-state index >= 15 is 0 Å². The van der Waals surface area contributed by atoms with Crippen molar-refractivity contribution in [1.82, 2.24) is 4.90 Å². The van der Waals surface area contributed by atoms with Crippen LogP contribution in [0.1, 0.15) is 30.1 Å². The van der Waals surface area contributed by atoms with Crippen LogP contribution in [0.2, 0.25) is 0 Å². The Morgan fingerprint density at radius 2 is 2.43 bits per heavy atom. The third-order valence-electron chi connectivity index (χ3n) is 3.81. The molecule has 1 amide bonds. The number of thioether (sulfide) groups is 1. The van der Waals surface area contributed by atoms with Gasteiger partial charge < -0.3 is 10.0 Å². The van der Waals surface area contributed by atoms with E-state index in [0.717, 1.165) is 24.3 Å². The number of aliphatic hydroxyl groups is 1. The van der Waals surface area contributed by atoms with Gasteiger partial charge in [-0.1, -0.05) is 6.07 Å². The number of hydrogen-bond donors (Lipinski definition) is 1. The standard InChI is InChI=1S/C16H20N2O2S/c1-12(19)14-5-3-8-18(11-14)16(20)13-4-2-6-15(10-13)21-9-7-17/h2,4,6,10,12,14,19H,3,5,8-9,11H2,1H3. The maximum Gasteiger partial charge on any atom is 0.253 e. The van der Waals surface area contributed by atoms with Crippen LogP contribution in [0.25, 0.3) is 0 Å². The molecule has 1 aliphatic heterocycles. The molecule has 1 N–H and O–H groups in total. The van der Waals surface area contributed by atoms with Crippen molar-refractivity contribution >= 4 is 17.7 Å². The van der Waals surface area contributed by atoms with E-state index in [-0.39, 0.29) is 17.9 Å². The van der Waals surface area contributed by atoms with Crippen LogP contribution in [0, 0.1) is 17.2 Å². The largest absolute Gasteiger partial charge is 0.393 e. The van der Waals surface area contributed by atoms with E-state index in [2.05, 4.69) is 6.07 Å². The monoisotopic (exact) mass is 304 g/mol. The molecule has 21 heavy (non-hydrogen) atoms. The molecule has 2 unspecified atom stereocenters. The highest BCUT2D eigenvalue weighted by Gasteiger charge is 2.27. The number of piperidine rings is 1. The highest BCUT2D eigenvalue weighted by atomic mass is 32.2. The summed E-state index contributed by atoms with van der Waals surface area (Å²) in [5.74, 6) is 0.560. The van der Waals surface area contributed by atoms with Gasteiger partial charge in [0.25, 0.3) is 5.91 Å². The topological polar surface area (TPSA) is 64.3 Å². The molecule has 2 atom stereocenters. The second kappa shape index (κ2) is 7.48. The molecule has 5 heteroatoms. The molecule has 2 rings (SSSR count). The smallest absolute Gasteiger partial charge is 0.253 e. The summed E-state index contributed by atoms with van der Waals surface area (Å²) < 4.78 is 0. The third-order valence-corrected chi connectivity index (χ3v) is 4.67. The third kappa shape index (κ3) is 4.23. The lowest BCUT2D eigenvalue weighted by molar-refractivity contribution is 0.0466. The summed E-state index contributed by atoms with van der Waals surface area (Å²) in [7, 11) is 0. The number of likely N-dealkylation sites (tertiary alicyclic amines) is 1. The van der Waals surface area contributed by atoms with Crippen LogP contribution in [-0.2, 0) is 0 Å². The Morgan fingerprint density at radius 1 is 1.62 bits per heavy atom. The number of benzene rings is 1. The quantitative estimate of drug-likeness (QED) is 0.868. The van der Waals surface area contributed by atoms with Gasteiger partial charge in [0.05, 0.1) is 17.9 Å². The number of nitriles is 1. The fraction of sp³-hybridized carbons (Fsp3) is 0.500. The van der Waals surface area contributed by atoms with Gasteiger partial charge in [-0.15, -0.1) is 11.8 Å². The lowest BCUT2D eigenvalue weighted by Crippen LogP contribution is -2.42. The predicted octanol–water partition coefficient (Wildman–Crippen LogP) is 2.54. The molecule has 1 aromatic carbocycles. The molecule has 1 saturated heterocycles. The molecule has 0 aromatic heterocycles. The van der Waals surface area contributed by atoms with E-state index in [1.807, 2.05) is 29.2 Å². The van der Waals surface area contributed by atoms with Crippen molar-refractivity contribution in [1.29, 1.82) is 5.26 Å². The van der Waals surface area contributed by atoms with Gasteiger partial charge in [0, 0.05) is 29.5 Å². The lowest BCUT2D eigenvalue weighted by Gasteiger charge is -2.34. The SMILES string of the molecule is CC(O)C1CCCN(C(=O)c2cccc(SCC#N)c2)C1. The van der Waals surface area contributed by atoms with E-state index in [1.54, 1.807) is 6.92 Å². The minimum Gasteiger partial charge on any atom is -0.393 e. The average molecular weight is 304 g/mol. The number of amides is 1. The van der Waals surface area contributed by atoms with Crippen LogP contribution in [0.3, 0.4) is 0 Å². The first-order chi connectivity index (χ1) is 10.1. The van der Waals surface area contributed by atoms with Gasteiger partial charge in [0.1, 0.15) is 0 Å². The van der Waals surface area contributed by atoms with Crippen LogP contribution in [0.15, 0.2) is 29.2 Å². The fourth-order valence-electron chi connectivity index (χ4n) is 2.61. The van der Waals surface area contributed by atoms with Crippen molar-refractivity contribution < 1.29 is 9.90 Å². The summed E-state index contributed by atoms with van der Waals surface area (Å²) in [4.78, 5) is 15.3. The van der Waals surface area contributed by atoms with E-state index in [1.165, 1.54) is 11.8 Å². The van der Waals surface area contributed by atoms with E-state index in [4.69, 9.17) is 5.26 Å². The summed E-state index contributed by atoms with van der Waals surface area (Å²) >= 11 is 1.43. The molecule has 112 valence electrons. The van der Waals surface area contributed by atoms with Crippen LogP contribution in [0.4, 0.5) is 0 Å². The van der Waals surface area contributed by atoms with E-state index in [0.29, 0.717) is 17.9 Å². The minimum atomic E-state index is -0.377. The van der Waals surface area contributed by atoms with Gasteiger partial charge in [0.15, 0.2) is 0 Å². The zero-order valence-corrected chi connectivity index (χ0v) is 13.0. The molecule has 1 aliphatic rings. The maximum absolute atomic E-state index is 12.6. The highest BCUT2D eigenvalue weighted by Crippen LogP contribution is 2.23. The zero-order chi connectivity index (χ0) is 15.2. The van der Waals surface area contributed by atoms with Crippen LogP contribution in [0.5, 0.6) is 0 Å². The second-order valence-corrected chi connectivity index (χ2v) is 6.42. The summed E-state index contributed by atoms with van der Waals surface area (Å²) in [6.45, 7) is 3.15. The van der Waals surface area contributed by atoms with Crippen LogP contribution >= 0.6 is 11.8 Å². The molecule has 0 aliphatic carbocycles. The Balaban J connectivity index is 2.07. The Hall–Kier alpha value is -1.51. The summed E-state index contributed by atoms with van der Waals surface area (Å²) in [6, 6.07) is 9.50. The average Bonchev–Trinajstić information content (AvgIpc) is 2.52. The van der Waals surface area contributed by atoms with Crippen molar-refractivity contribution in [3.05, 3.63) is 29.8 Å². The highest BCUT2D eigenvalue weighted by molar-refractivity contribution is 7.99. The number of carbonyl (C=O) groups is 1. The van der Waals surface area contributed by atoms with Gasteiger partial charge in [-0.3, -0.25) is 4.79 Å².